The molecule has 0 aromatic carbocycles. The summed E-state index contributed by atoms with van der Waals surface area (Å²) in [7, 11) is 48.8. The summed E-state index contributed by atoms with van der Waals surface area (Å²) in [6.07, 6.45) is 2.92. The molecule has 4 rings (SSSR count). The van der Waals surface area contributed by atoms with Crippen LogP contribution in [0.3, 0.4) is 0 Å². The van der Waals surface area contributed by atoms with Gasteiger partial charge in [-0.1, -0.05) is 22.0 Å². The molecule has 10 nitrogen and oxygen atoms in total. The number of carbonyl (C=O) groups excluding carboxylic acids is 1. The smallest absolute Gasteiger partial charge is 0.277 e. The molecule has 0 saturated carbocycles. The summed E-state index contributed by atoms with van der Waals surface area (Å²) in [5.41, 5.74) is 5.55. The van der Waals surface area contributed by atoms with Crippen LogP contribution in [0.5, 0.6) is 0 Å². The first-order valence-corrected chi connectivity index (χ1v) is 10.7. The molecule has 1 amide bonds. The summed E-state index contributed by atoms with van der Waals surface area (Å²) in [5, 5.41) is 0.936. The lowest BCUT2D eigenvalue weighted by Crippen LogP contribution is -2.92. The molecule has 4 N–H and O–H groups in total. The second-order valence-corrected chi connectivity index (χ2v) is 9.07. The zero-order valence-corrected chi connectivity index (χ0v) is 19.0. The first kappa shape index (κ1) is 25.7. The van der Waals surface area contributed by atoms with Crippen molar-refractivity contribution in [3.63, 3.8) is 0 Å². The van der Waals surface area contributed by atoms with Crippen molar-refractivity contribution in [2.75, 3.05) is 16.8 Å². The number of pyridine rings is 1. The molecule has 19 heteroatoms. The van der Waals surface area contributed by atoms with E-state index < -0.39 is 32.8 Å². The van der Waals surface area contributed by atoms with E-state index >= 15 is 0 Å². The molecule has 1 aliphatic rings. The van der Waals surface area contributed by atoms with Crippen LogP contribution in [0.15, 0.2) is 29.3 Å². The summed E-state index contributed by atoms with van der Waals surface area (Å²) in [5.74, 6) is -0.609. The highest BCUT2D eigenvalue weighted by molar-refractivity contribution is 7.19. The minimum atomic E-state index is -2.22. The monoisotopic (exact) mass is 466 g/mol. The maximum atomic E-state index is 12.9. The molecule has 0 unspecified atom stereocenters. The van der Waals surface area contributed by atoms with Crippen molar-refractivity contribution >= 4 is 96.5 Å². The molecule has 1 fully saturated rings. The molecule has 4 heterocycles. The Morgan fingerprint density at radius 3 is 2.29 bits per heavy atom. The second-order valence-electron chi connectivity index (χ2n) is 8.12. The lowest BCUT2D eigenvalue weighted by Gasteiger charge is -2.71. The third-order valence-electron chi connectivity index (χ3n) is 5.39. The van der Waals surface area contributed by atoms with Crippen molar-refractivity contribution in [1.82, 2.24) is 24.9 Å². The minimum absolute atomic E-state index is 0.100. The number of amides is 1. The average Bonchev–Trinajstić information content (AvgIpc) is 3.17. The summed E-state index contributed by atoms with van der Waals surface area (Å²) >= 11 is 1.01. The molecule has 1 saturated heterocycles. The molecule has 16 radical (unpaired) electrons. The summed E-state index contributed by atoms with van der Waals surface area (Å²) < 4.78 is 1.02. The molecular weight excluding hydrogens is 455 g/mol. The average molecular weight is 465 g/mol. The highest BCUT2D eigenvalue weighted by Crippen LogP contribution is 2.38. The second kappa shape index (κ2) is 8.35. The van der Waals surface area contributed by atoms with Gasteiger partial charge in [-0.3, -0.25) is 14.6 Å². The fourth-order valence-corrected chi connectivity index (χ4v) is 4.35. The third-order valence-corrected chi connectivity index (χ3v) is 6.35. The topological polar surface area (TPSA) is 131 Å². The Labute approximate surface area is 215 Å². The van der Waals surface area contributed by atoms with E-state index in [0.29, 0.717) is 16.3 Å². The summed E-state index contributed by atoms with van der Waals surface area (Å²) in [6, 6.07) is 2.62. The molecule has 3 aromatic heterocycles. The van der Waals surface area contributed by atoms with E-state index in [4.69, 9.17) is 68.5 Å². The van der Waals surface area contributed by atoms with Crippen LogP contribution in [0.1, 0.15) is 0 Å². The standard InChI is InChI=1S/C16H10B8N8O2S/c17-13(18)15(21,22)32(16(23,24)14(19,20)30-13)8-2-10(34)31-12(28-8)35-11(29-31)6-1-7(5-26-4-6)27-9(33)3-25/h1-2,4-5,30H,3,25H2,(H,27,33). The first-order chi connectivity index (χ1) is 16.1. The van der Waals surface area contributed by atoms with Crippen molar-refractivity contribution in [2.45, 2.75) is 21.4 Å². The van der Waals surface area contributed by atoms with Gasteiger partial charge in [0, 0.05) is 17.8 Å². The van der Waals surface area contributed by atoms with E-state index in [9.17, 15) is 9.59 Å². The number of hydrogen-bond acceptors (Lipinski definition) is 9. The van der Waals surface area contributed by atoms with Crippen molar-refractivity contribution < 1.29 is 4.79 Å². The molecule has 0 bridgehead atoms. The Morgan fingerprint density at radius 2 is 1.69 bits per heavy atom. The fraction of sp³-hybridized carbons (Fsp3) is 0.312. The van der Waals surface area contributed by atoms with Crippen LogP contribution in [0.2, 0.25) is 0 Å². The van der Waals surface area contributed by atoms with Gasteiger partial charge >= 0.3 is 0 Å². The number of anilines is 2. The van der Waals surface area contributed by atoms with Crippen LogP contribution in [0, 0.1) is 0 Å². The van der Waals surface area contributed by atoms with Gasteiger partial charge in [0.1, 0.15) is 10.8 Å². The van der Waals surface area contributed by atoms with Gasteiger partial charge in [-0.2, -0.15) is 9.61 Å². The van der Waals surface area contributed by atoms with E-state index in [1.54, 1.807) is 6.07 Å². The maximum absolute atomic E-state index is 12.9. The van der Waals surface area contributed by atoms with Gasteiger partial charge in [-0.15, -0.1) is 0 Å². The van der Waals surface area contributed by atoms with Crippen molar-refractivity contribution in [3.05, 3.63) is 34.9 Å². The number of nitrogens with zero attached hydrogens (tertiary/aromatic N) is 5. The van der Waals surface area contributed by atoms with Gasteiger partial charge in [-0.05, 0) is 16.7 Å². The zero-order valence-electron chi connectivity index (χ0n) is 18.2. The van der Waals surface area contributed by atoms with Crippen LogP contribution in [0.4, 0.5) is 11.5 Å². The summed E-state index contributed by atoms with van der Waals surface area (Å²) in [6.45, 7) is -0.202. The van der Waals surface area contributed by atoms with Crippen LogP contribution >= 0.6 is 11.3 Å². The quantitative estimate of drug-likeness (QED) is 0.329. The van der Waals surface area contributed by atoms with E-state index in [2.05, 4.69) is 25.7 Å². The van der Waals surface area contributed by atoms with Gasteiger partial charge in [0.15, 0.2) is 0 Å². The Morgan fingerprint density at radius 1 is 1.06 bits per heavy atom. The highest BCUT2D eigenvalue weighted by atomic mass is 32.1. The molecule has 1 aliphatic heterocycles. The lowest BCUT2D eigenvalue weighted by molar-refractivity contribution is -0.114. The Bertz CT molecular complexity index is 1350. The molecule has 3 aromatic rings. The van der Waals surface area contributed by atoms with Gasteiger partial charge in [0.05, 0.1) is 81.2 Å². The number of rotatable bonds is 4. The zero-order chi connectivity index (χ0) is 26.0. The Balaban J connectivity index is 1.83. The predicted molar refractivity (Wildman–Crippen MR) is 141 cm³/mol. The third kappa shape index (κ3) is 4.17. The first-order valence-electron chi connectivity index (χ1n) is 9.88. The minimum Gasteiger partial charge on any atom is -0.379 e. The number of nitrogens with two attached hydrogens (primary N) is 1. The maximum Gasteiger partial charge on any atom is 0.277 e. The Kier molecular flexibility index (Phi) is 6.13. The van der Waals surface area contributed by atoms with Gasteiger partial charge in [0.2, 0.25) is 10.9 Å². The molecule has 0 aliphatic carbocycles. The number of piperazine rings is 1. The van der Waals surface area contributed by atoms with Gasteiger partial charge in [-0.25, -0.2) is 4.98 Å². The van der Waals surface area contributed by atoms with Crippen LogP contribution in [-0.4, -0.2) is 116 Å². The van der Waals surface area contributed by atoms with E-state index in [0.717, 1.165) is 26.8 Å². The van der Waals surface area contributed by atoms with Crippen molar-refractivity contribution in [2.24, 2.45) is 5.73 Å². The number of fused-ring (bicyclic) bond motifs is 1. The number of aromatic nitrogens is 4. The summed E-state index contributed by atoms with van der Waals surface area (Å²) in [4.78, 5) is 33.9. The number of carbonyl (C=O) groups is 1. The van der Waals surface area contributed by atoms with Crippen LogP contribution in [-0.2, 0) is 4.79 Å². The SMILES string of the molecule is [B]C1([B])NC([B])([B])C([B])([B])N(c2cc(=O)n3nc(-c4cncc(NC(=O)CN)c4)sc3n2)C1([B])[B]. The van der Waals surface area contributed by atoms with Crippen molar-refractivity contribution in [1.29, 1.82) is 0 Å². The molecular formula is C16H10B8N8O2S. The molecule has 0 spiro atoms. The van der Waals surface area contributed by atoms with Gasteiger partial charge in [0.25, 0.3) is 5.56 Å². The number of hydrogen-bond donors (Lipinski definition) is 3. The van der Waals surface area contributed by atoms with E-state index in [1.807, 2.05) is 0 Å². The van der Waals surface area contributed by atoms with Crippen LogP contribution < -0.4 is 26.8 Å². The Hall–Kier alpha value is -2.37. The fourth-order valence-electron chi connectivity index (χ4n) is 3.47. The molecule has 0 atom stereocenters. The van der Waals surface area contributed by atoms with Crippen molar-refractivity contribution in [3.8, 4) is 10.6 Å². The predicted octanol–water partition coefficient (Wildman–Crippen LogP) is -4.52. The van der Waals surface area contributed by atoms with Crippen LogP contribution in [0.25, 0.3) is 15.5 Å². The molecule has 156 valence electrons. The van der Waals surface area contributed by atoms with E-state index in [1.165, 1.54) is 12.4 Å². The van der Waals surface area contributed by atoms with E-state index in [-0.39, 0.29) is 17.3 Å². The molecule has 35 heavy (non-hydrogen) atoms. The number of nitrogens with one attached hydrogen (secondary N) is 2. The largest absolute Gasteiger partial charge is 0.379 e. The normalized spacial score (nSPS) is 19.9. The highest BCUT2D eigenvalue weighted by Gasteiger charge is 2.56. The van der Waals surface area contributed by atoms with Gasteiger partial charge < -0.3 is 21.3 Å². The lowest BCUT2D eigenvalue weighted by atomic mass is 9.27.